The van der Waals surface area contributed by atoms with Crippen LogP contribution < -0.4 is 11.1 Å². The van der Waals surface area contributed by atoms with Crippen LogP contribution in [0.4, 0.5) is 0 Å². The molecule has 2 saturated carbocycles. The number of ether oxygens (including phenoxy) is 1. The topological polar surface area (TPSA) is 84.7 Å². The lowest BCUT2D eigenvalue weighted by Crippen LogP contribution is -2.54. The summed E-state index contributed by atoms with van der Waals surface area (Å²) in [4.78, 5) is 25.9. The van der Waals surface area contributed by atoms with Crippen molar-refractivity contribution < 1.29 is 14.3 Å². The van der Waals surface area contributed by atoms with Gasteiger partial charge in [-0.25, -0.2) is 0 Å². The maximum absolute atomic E-state index is 12.9. The van der Waals surface area contributed by atoms with E-state index in [0.717, 1.165) is 12.8 Å². The van der Waals surface area contributed by atoms with Crippen LogP contribution >= 0.6 is 0 Å². The van der Waals surface area contributed by atoms with Crippen molar-refractivity contribution in [3.8, 4) is 0 Å². The highest BCUT2D eigenvalue weighted by molar-refractivity contribution is 5.79. The summed E-state index contributed by atoms with van der Waals surface area (Å²) in [5.74, 6) is 1.38. The smallest absolute Gasteiger partial charge is 0.225 e. The molecule has 6 nitrogen and oxygen atoms in total. The van der Waals surface area contributed by atoms with Crippen LogP contribution in [0.5, 0.6) is 0 Å². The number of carbonyl (C=O) groups is 2. The highest BCUT2D eigenvalue weighted by Crippen LogP contribution is 2.42. The normalized spacial score (nSPS) is 37.3. The van der Waals surface area contributed by atoms with E-state index >= 15 is 0 Å². The molecule has 3 aliphatic rings. The molecular formula is C17H29N3O3. The number of amides is 2. The average molecular weight is 323 g/mol. The molecule has 2 bridgehead atoms. The van der Waals surface area contributed by atoms with Gasteiger partial charge in [-0.05, 0) is 37.5 Å². The van der Waals surface area contributed by atoms with E-state index in [1.807, 2.05) is 4.90 Å². The molecule has 2 aliphatic carbocycles. The summed E-state index contributed by atoms with van der Waals surface area (Å²) in [5.41, 5.74) is 6.33. The number of morpholine rings is 1. The zero-order valence-electron chi connectivity index (χ0n) is 14.0. The van der Waals surface area contributed by atoms with Crippen molar-refractivity contribution in [1.82, 2.24) is 10.2 Å². The number of hydrogen-bond acceptors (Lipinski definition) is 4. The molecule has 2 amide bonds. The third kappa shape index (κ3) is 3.86. The monoisotopic (exact) mass is 323 g/mol. The van der Waals surface area contributed by atoms with Crippen molar-refractivity contribution in [2.45, 2.75) is 51.2 Å². The molecule has 1 saturated heterocycles. The molecule has 0 spiro atoms. The van der Waals surface area contributed by atoms with Gasteiger partial charge in [0.15, 0.2) is 0 Å². The molecule has 130 valence electrons. The number of nitrogens with two attached hydrogens (primary N) is 1. The summed E-state index contributed by atoms with van der Waals surface area (Å²) in [6.45, 7) is 3.76. The molecule has 1 aliphatic heterocycles. The molecule has 3 fully saturated rings. The number of nitrogens with zero attached hydrogens (tertiary/aromatic N) is 1. The lowest BCUT2D eigenvalue weighted by molar-refractivity contribution is -0.146. The lowest BCUT2D eigenvalue weighted by Gasteiger charge is -2.45. The summed E-state index contributed by atoms with van der Waals surface area (Å²) in [5, 5.41) is 2.77. The van der Waals surface area contributed by atoms with Crippen LogP contribution in [-0.4, -0.2) is 55.1 Å². The van der Waals surface area contributed by atoms with Crippen LogP contribution in [0, 0.1) is 17.8 Å². The lowest BCUT2D eigenvalue weighted by atomic mass is 9.65. The van der Waals surface area contributed by atoms with Crippen LogP contribution in [0.1, 0.15) is 39.0 Å². The summed E-state index contributed by atoms with van der Waals surface area (Å²) in [6.07, 6.45) is 5.42. The van der Waals surface area contributed by atoms with Crippen LogP contribution in [0.3, 0.4) is 0 Å². The van der Waals surface area contributed by atoms with Crippen molar-refractivity contribution in [2.24, 2.45) is 23.5 Å². The Bertz CT molecular complexity index is 442. The largest absolute Gasteiger partial charge is 0.373 e. The fraction of sp³-hybridized carbons (Fsp3) is 0.882. The van der Waals surface area contributed by atoms with E-state index in [2.05, 4.69) is 5.32 Å². The Morgan fingerprint density at radius 3 is 2.61 bits per heavy atom. The molecule has 3 N–H and O–H groups in total. The fourth-order valence-corrected chi connectivity index (χ4v) is 4.55. The zero-order valence-corrected chi connectivity index (χ0v) is 14.0. The molecule has 3 unspecified atom stereocenters. The molecule has 0 radical (unpaired) electrons. The van der Waals surface area contributed by atoms with E-state index in [-0.39, 0.29) is 23.8 Å². The average Bonchev–Trinajstić information content (AvgIpc) is 2.52. The first-order chi connectivity index (χ1) is 11.0. The van der Waals surface area contributed by atoms with Crippen LogP contribution in [-0.2, 0) is 14.3 Å². The van der Waals surface area contributed by atoms with Crippen LogP contribution in [0.2, 0.25) is 0 Å². The third-order valence-electron chi connectivity index (χ3n) is 5.79. The molecule has 6 heteroatoms. The Kier molecular flexibility index (Phi) is 5.21. The minimum Gasteiger partial charge on any atom is -0.373 e. The maximum Gasteiger partial charge on any atom is 0.225 e. The highest BCUT2D eigenvalue weighted by Gasteiger charge is 2.42. The number of fused-ring (bicyclic) bond motifs is 2. The van der Waals surface area contributed by atoms with Gasteiger partial charge in [0, 0.05) is 38.5 Å². The standard InChI is InChI=1S/C17H29N3O3/c1-11(21)19-9-15-10-20(5-6-23-15)17(22)14-7-12-3-2-4-13(8-14)16(12)18/h12-16H,2-10,18H2,1H3,(H,19,21). The van der Waals surface area contributed by atoms with E-state index in [1.54, 1.807) is 0 Å². The fourth-order valence-electron chi connectivity index (χ4n) is 4.55. The van der Waals surface area contributed by atoms with Crippen molar-refractivity contribution in [3.63, 3.8) is 0 Å². The van der Waals surface area contributed by atoms with Gasteiger partial charge in [-0.2, -0.15) is 0 Å². The summed E-state index contributed by atoms with van der Waals surface area (Å²) in [6, 6.07) is 0.296. The Morgan fingerprint density at radius 2 is 1.96 bits per heavy atom. The first kappa shape index (κ1) is 16.7. The number of nitrogens with one attached hydrogen (secondary N) is 1. The van der Waals surface area contributed by atoms with Gasteiger partial charge in [0.2, 0.25) is 11.8 Å². The molecule has 1 heterocycles. The predicted octanol–water partition coefficient (Wildman–Crippen LogP) is 0.504. The van der Waals surface area contributed by atoms with E-state index < -0.39 is 0 Å². The molecule has 3 atom stereocenters. The van der Waals surface area contributed by atoms with E-state index in [9.17, 15) is 9.59 Å². The van der Waals surface area contributed by atoms with Gasteiger partial charge >= 0.3 is 0 Å². The molecular weight excluding hydrogens is 294 g/mol. The molecule has 23 heavy (non-hydrogen) atoms. The highest BCUT2D eigenvalue weighted by atomic mass is 16.5. The molecule has 0 aromatic carbocycles. The molecule has 0 aromatic heterocycles. The van der Waals surface area contributed by atoms with Gasteiger partial charge in [0.1, 0.15) is 0 Å². The number of carbonyl (C=O) groups excluding carboxylic acids is 2. The second kappa shape index (κ2) is 7.18. The van der Waals surface area contributed by atoms with E-state index in [4.69, 9.17) is 10.5 Å². The van der Waals surface area contributed by atoms with Crippen molar-refractivity contribution in [1.29, 1.82) is 0 Å². The SMILES string of the molecule is CC(=O)NCC1CN(C(=O)C2CC3CCCC(C2)C3N)CCO1. The Balaban J connectivity index is 1.56. The second-order valence-corrected chi connectivity index (χ2v) is 7.41. The van der Waals surface area contributed by atoms with Gasteiger partial charge in [-0.15, -0.1) is 0 Å². The van der Waals surface area contributed by atoms with Gasteiger partial charge in [-0.3, -0.25) is 9.59 Å². The Hall–Kier alpha value is -1.14. The predicted molar refractivity (Wildman–Crippen MR) is 86.5 cm³/mol. The van der Waals surface area contributed by atoms with E-state index in [1.165, 1.54) is 26.2 Å². The Morgan fingerprint density at radius 1 is 1.26 bits per heavy atom. The molecule has 3 rings (SSSR count). The second-order valence-electron chi connectivity index (χ2n) is 7.41. The van der Waals surface area contributed by atoms with Gasteiger partial charge in [0.05, 0.1) is 12.7 Å². The first-order valence-electron chi connectivity index (χ1n) is 8.95. The van der Waals surface area contributed by atoms with Crippen molar-refractivity contribution >= 4 is 11.8 Å². The van der Waals surface area contributed by atoms with Crippen LogP contribution in [0.25, 0.3) is 0 Å². The summed E-state index contributed by atoms with van der Waals surface area (Å²) in [7, 11) is 0. The van der Waals surface area contributed by atoms with Gasteiger partial charge in [-0.1, -0.05) is 6.42 Å². The number of rotatable bonds is 3. The Labute approximate surface area is 138 Å². The van der Waals surface area contributed by atoms with Gasteiger partial charge in [0.25, 0.3) is 0 Å². The quantitative estimate of drug-likeness (QED) is 0.792. The number of hydrogen-bond donors (Lipinski definition) is 2. The van der Waals surface area contributed by atoms with Crippen molar-refractivity contribution in [2.75, 3.05) is 26.2 Å². The minimum absolute atomic E-state index is 0.0638. The van der Waals surface area contributed by atoms with Crippen molar-refractivity contribution in [3.05, 3.63) is 0 Å². The maximum atomic E-state index is 12.9. The first-order valence-corrected chi connectivity index (χ1v) is 8.95. The van der Waals surface area contributed by atoms with Crippen LogP contribution in [0.15, 0.2) is 0 Å². The summed E-state index contributed by atoms with van der Waals surface area (Å²) < 4.78 is 5.66. The van der Waals surface area contributed by atoms with E-state index in [0.29, 0.717) is 44.1 Å². The molecule has 0 aromatic rings. The summed E-state index contributed by atoms with van der Waals surface area (Å²) >= 11 is 0. The third-order valence-corrected chi connectivity index (χ3v) is 5.79. The zero-order chi connectivity index (χ0) is 16.4. The van der Waals surface area contributed by atoms with Gasteiger partial charge < -0.3 is 20.7 Å². The minimum atomic E-state index is -0.0954.